The number of carbonyl (C=O) groups excluding carboxylic acids is 1. The molecule has 2 heterocycles. The van der Waals surface area contributed by atoms with Crippen molar-refractivity contribution in [2.45, 2.75) is 38.6 Å². The number of amides is 2. The molecule has 2 N–H and O–H groups in total. The third-order valence-corrected chi connectivity index (χ3v) is 6.79. The Kier molecular flexibility index (Phi) is 5.99. The van der Waals surface area contributed by atoms with Crippen LogP contribution in [0.1, 0.15) is 41.8 Å². The summed E-state index contributed by atoms with van der Waals surface area (Å²) in [7, 11) is 3.17. The highest BCUT2D eigenvalue weighted by Crippen LogP contribution is 2.40. The number of thiophene rings is 1. The fourth-order valence-corrected chi connectivity index (χ4v) is 5.48. The highest BCUT2D eigenvalue weighted by molar-refractivity contribution is 7.15. The second kappa shape index (κ2) is 8.83. The van der Waals surface area contributed by atoms with Gasteiger partial charge in [-0.1, -0.05) is 0 Å². The fraction of sp³-hybridized carbons (Fsp3) is 0.348. The Hall–Kier alpha value is -2.93. The van der Waals surface area contributed by atoms with Crippen molar-refractivity contribution >= 4 is 23.1 Å². The maximum absolute atomic E-state index is 12.8. The number of carbonyl (C=O) groups is 1. The molecule has 30 heavy (non-hydrogen) atoms. The van der Waals surface area contributed by atoms with Gasteiger partial charge in [-0.25, -0.2) is 4.79 Å². The second-order valence-electron chi connectivity index (χ2n) is 7.41. The molecule has 0 saturated heterocycles. The number of nitrogens with one attached hydrogen (secondary N) is 2. The molecule has 0 radical (unpaired) electrons. The zero-order valence-corrected chi connectivity index (χ0v) is 18.3. The van der Waals surface area contributed by atoms with E-state index in [1.807, 2.05) is 30.4 Å². The van der Waals surface area contributed by atoms with E-state index < -0.39 is 0 Å². The number of fused-ring (bicyclic) bond motifs is 1. The number of benzene rings is 1. The molecule has 3 aromatic rings. The molecule has 0 fully saturated rings. The van der Waals surface area contributed by atoms with E-state index in [9.17, 15) is 4.79 Å². The smallest absolute Gasteiger partial charge is 0.319 e. The average molecular weight is 426 g/mol. The lowest BCUT2D eigenvalue weighted by Gasteiger charge is -2.20. The van der Waals surface area contributed by atoms with Gasteiger partial charge in [0.1, 0.15) is 16.5 Å². The Bertz CT molecular complexity index is 1030. The molecule has 2 amide bonds. The van der Waals surface area contributed by atoms with E-state index in [1.165, 1.54) is 33.8 Å². The molecule has 1 atom stereocenters. The van der Waals surface area contributed by atoms with E-state index in [-0.39, 0.29) is 12.1 Å². The van der Waals surface area contributed by atoms with Crippen LogP contribution >= 0.6 is 11.3 Å². The Morgan fingerprint density at radius 2 is 1.90 bits per heavy atom. The number of rotatable bonds is 6. The first-order valence-corrected chi connectivity index (χ1v) is 11.0. The number of hydrogen-bond donors (Lipinski definition) is 2. The number of nitrogens with zero attached hydrogens (tertiary/aromatic N) is 1. The molecular formula is C23H27N3O3S. The predicted octanol–water partition coefficient (Wildman–Crippen LogP) is 5.32. The van der Waals surface area contributed by atoms with Gasteiger partial charge in [0.25, 0.3) is 0 Å². The predicted molar refractivity (Wildman–Crippen MR) is 120 cm³/mol. The van der Waals surface area contributed by atoms with Crippen LogP contribution in [0.2, 0.25) is 0 Å². The van der Waals surface area contributed by atoms with Crippen molar-refractivity contribution in [3.05, 3.63) is 58.7 Å². The third-order valence-electron chi connectivity index (χ3n) is 5.47. The summed E-state index contributed by atoms with van der Waals surface area (Å²) in [5, 5.41) is 7.22. The first-order chi connectivity index (χ1) is 14.6. The van der Waals surface area contributed by atoms with Gasteiger partial charge < -0.3 is 24.7 Å². The van der Waals surface area contributed by atoms with Gasteiger partial charge in [-0.15, -0.1) is 11.3 Å². The van der Waals surface area contributed by atoms with E-state index in [0.717, 1.165) is 12.8 Å². The maximum atomic E-state index is 12.8. The monoisotopic (exact) mass is 425 g/mol. The summed E-state index contributed by atoms with van der Waals surface area (Å²) in [6, 6.07) is 8.98. The van der Waals surface area contributed by atoms with Gasteiger partial charge in [-0.2, -0.15) is 0 Å². The normalized spacial score (nSPS) is 14.0. The summed E-state index contributed by atoms with van der Waals surface area (Å²) in [5.41, 5.74) is 3.19. The first kappa shape index (κ1) is 20.3. The third kappa shape index (κ3) is 4.03. The quantitative estimate of drug-likeness (QED) is 0.562. The number of aromatic nitrogens is 1. The molecule has 0 saturated carbocycles. The number of hydrogen-bond acceptors (Lipinski definition) is 4. The Balaban J connectivity index is 1.58. The van der Waals surface area contributed by atoms with Crippen LogP contribution in [-0.4, -0.2) is 24.8 Å². The molecule has 0 bridgehead atoms. The summed E-state index contributed by atoms with van der Waals surface area (Å²) >= 11 is 1.84. The number of methoxy groups -OCH3 is 2. The minimum atomic E-state index is -0.275. The van der Waals surface area contributed by atoms with Crippen molar-refractivity contribution in [3.8, 4) is 16.5 Å². The molecule has 7 heteroatoms. The van der Waals surface area contributed by atoms with E-state index in [4.69, 9.17) is 9.47 Å². The van der Waals surface area contributed by atoms with E-state index in [0.29, 0.717) is 17.2 Å². The van der Waals surface area contributed by atoms with Crippen LogP contribution in [0.4, 0.5) is 10.5 Å². The van der Waals surface area contributed by atoms with Crippen LogP contribution in [0.5, 0.6) is 11.5 Å². The van der Waals surface area contributed by atoms with E-state index in [2.05, 4.69) is 27.6 Å². The maximum Gasteiger partial charge on any atom is 0.319 e. The topological polar surface area (TPSA) is 64.5 Å². The molecule has 6 nitrogen and oxygen atoms in total. The zero-order valence-electron chi connectivity index (χ0n) is 17.5. The van der Waals surface area contributed by atoms with Crippen LogP contribution in [0.25, 0.3) is 5.00 Å². The Morgan fingerprint density at radius 1 is 1.13 bits per heavy atom. The average Bonchev–Trinajstić information content (AvgIpc) is 3.41. The minimum absolute atomic E-state index is 0.128. The SMILES string of the molecule is COc1ccc(OC)c(NC(=O)N[C@@H](C)c2c(-n3cccc3)sc3c2CCCC3)c1. The molecule has 158 valence electrons. The molecule has 0 spiro atoms. The van der Waals surface area contributed by atoms with Crippen LogP contribution < -0.4 is 20.1 Å². The first-order valence-electron chi connectivity index (χ1n) is 10.2. The molecule has 2 aromatic heterocycles. The number of aryl methyl sites for hydroxylation is 1. The van der Waals surface area contributed by atoms with Crippen LogP contribution in [0.15, 0.2) is 42.7 Å². The van der Waals surface area contributed by atoms with Crippen LogP contribution in [0, 0.1) is 0 Å². The van der Waals surface area contributed by atoms with Crippen molar-refractivity contribution < 1.29 is 14.3 Å². The minimum Gasteiger partial charge on any atom is -0.497 e. The summed E-state index contributed by atoms with van der Waals surface area (Å²) in [6.45, 7) is 2.05. The zero-order chi connectivity index (χ0) is 21.1. The molecular weight excluding hydrogens is 398 g/mol. The summed E-state index contributed by atoms with van der Waals surface area (Å²) < 4.78 is 12.8. The van der Waals surface area contributed by atoms with Gasteiger partial charge in [-0.05, 0) is 62.4 Å². The lowest BCUT2D eigenvalue weighted by Crippen LogP contribution is -2.32. The van der Waals surface area contributed by atoms with Gasteiger partial charge in [0.05, 0.1) is 25.9 Å². The van der Waals surface area contributed by atoms with Crippen molar-refractivity contribution in [2.75, 3.05) is 19.5 Å². The van der Waals surface area contributed by atoms with Crippen LogP contribution in [-0.2, 0) is 12.8 Å². The van der Waals surface area contributed by atoms with E-state index in [1.54, 1.807) is 32.4 Å². The Morgan fingerprint density at radius 3 is 2.63 bits per heavy atom. The number of anilines is 1. The highest BCUT2D eigenvalue weighted by atomic mass is 32.1. The highest BCUT2D eigenvalue weighted by Gasteiger charge is 2.26. The summed E-state index contributed by atoms with van der Waals surface area (Å²) in [5.74, 6) is 1.24. The van der Waals surface area contributed by atoms with Gasteiger partial charge >= 0.3 is 6.03 Å². The Labute approximate surface area is 180 Å². The number of ether oxygens (including phenoxy) is 2. The van der Waals surface area contributed by atoms with Crippen molar-refractivity contribution in [2.24, 2.45) is 0 Å². The number of urea groups is 1. The van der Waals surface area contributed by atoms with Gasteiger partial charge in [0.15, 0.2) is 0 Å². The van der Waals surface area contributed by atoms with Crippen molar-refractivity contribution in [1.29, 1.82) is 0 Å². The van der Waals surface area contributed by atoms with E-state index >= 15 is 0 Å². The lowest BCUT2D eigenvalue weighted by atomic mass is 9.93. The summed E-state index contributed by atoms with van der Waals surface area (Å²) in [4.78, 5) is 14.3. The molecule has 0 aliphatic heterocycles. The van der Waals surface area contributed by atoms with Crippen molar-refractivity contribution in [1.82, 2.24) is 9.88 Å². The van der Waals surface area contributed by atoms with Crippen LogP contribution in [0.3, 0.4) is 0 Å². The molecule has 1 aliphatic carbocycles. The standard InChI is InChI=1S/C23H27N3O3S/c1-15(24-23(27)25-18-14-16(28-2)10-11-19(18)29-3)21-17-8-4-5-9-20(17)30-22(21)26-12-6-7-13-26/h6-7,10-15H,4-5,8-9H2,1-3H3,(H2,24,25,27)/t15-/m0/s1. The molecule has 0 unspecified atom stereocenters. The summed E-state index contributed by atoms with van der Waals surface area (Å²) in [6.07, 6.45) is 8.75. The molecule has 1 aromatic carbocycles. The second-order valence-corrected chi connectivity index (χ2v) is 8.49. The van der Waals surface area contributed by atoms with Gasteiger partial charge in [0.2, 0.25) is 0 Å². The largest absolute Gasteiger partial charge is 0.497 e. The van der Waals surface area contributed by atoms with Gasteiger partial charge in [-0.3, -0.25) is 0 Å². The molecule has 1 aliphatic rings. The lowest BCUT2D eigenvalue weighted by molar-refractivity contribution is 0.249. The van der Waals surface area contributed by atoms with Gasteiger partial charge in [0, 0.05) is 28.9 Å². The van der Waals surface area contributed by atoms with Crippen molar-refractivity contribution in [3.63, 3.8) is 0 Å². The molecule has 4 rings (SSSR count). The fourth-order valence-electron chi connectivity index (χ4n) is 4.02.